The Kier molecular flexibility index (Phi) is 6.90. The predicted octanol–water partition coefficient (Wildman–Crippen LogP) is 0.854. The SMILES string of the molecule is CN1[C@@H](CC(=O)N2CCC(Oc3cccnc3)CC2)CC[C@H]1CNS(C)(=O)=O. The fourth-order valence-corrected chi connectivity index (χ4v) is 4.49. The first-order valence-corrected chi connectivity index (χ1v) is 11.7. The lowest BCUT2D eigenvalue weighted by Crippen LogP contribution is -2.45. The van der Waals surface area contributed by atoms with Gasteiger partial charge in [0.2, 0.25) is 15.9 Å². The summed E-state index contributed by atoms with van der Waals surface area (Å²) in [6.45, 7) is 1.82. The Labute approximate surface area is 167 Å². The third kappa shape index (κ3) is 5.89. The molecule has 1 N–H and O–H groups in total. The number of carbonyl (C=O) groups is 1. The van der Waals surface area contributed by atoms with Crippen molar-refractivity contribution in [2.75, 3.05) is 32.9 Å². The van der Waals surface area contributed by atoms with Gasteiger partial charge in [-0.05, 0) is 32.0 Å². The van der Waals surface area contributed by atoms with Crippen molar-refractivity contribution in [2.45, 2.75) is 50.3 Å². The maximum atomic E-state index is 12.7. The number of likely N-dealkylation sites (tertiary alicyclic amines) is 2. The van der Waals surface area contributed by atoms with Crippen LogP contribution in [0.4, 0.5) is 0 Å². The average Bonchev–Trinajstić information content (AvgIpc) is 3.00. The van der Waals surface area contributed by atoms with Crippen LogP contribution in [0.5, 0.6) is 5.75 Å². The van der Waals surface area contributed by atoms with Crippen LogP contribution >= 0.6 is 0 Å². The van der Waals surface area contributed by atoms with Crippen molar-refractivity contribution in [3.63, 3.8) is 0 Å². The number of likely N-dealkylation sites (N-methyl/N-ethyl adjacent to an activating group) is 1. The third-order valence-corrected chi connectivity index (χ3v) is 6.40. The minimum Gasteiger partial charge on any atom is -0.489 e. The van der Waals surface area contributed by atoms with Crippen LogP contribution in [-0.4, -0.2) is 80.2 Å². The Morgan fingerprint density at radius 1 is 1.25 bits per heavy atom. The van der Waals surface area contributed by atoms with E-state index in [1.165, 1.54) is 6.26 Å². The highest BCUT2D eigenvalue weighted by molar-refractivity contribution is 7.88. The van der Waals surface area contributed by atoms with Crippen LogP contribution < -0.4 is 9.46 Å². The van der Waals surface area contributed by atoms with Gasteiger partial charge in [-0.15, -0.1) is 0 Å². The smallest absolute Gasteiger partial charge is 0.224 e. The summed E-state index contributed by atoms with van der Waals surface area (Å²) in [6.07, 6.45) is 8.67. The monoisotopic (exact) mass is 410 g/mol. The number of nitrogens with one attached hydrogen (secondary N) is 1. The van der Waals surface area contributed by atoms with Gasteiger partial charge >= 0.3 is 0 Å². The molecule has 1 aromatic rings. The number of piperidine rings is 1. The molecule has 1 aromatic heterocycles. The molecule has 0 spiro atoms. The zero-order valence-corrected chi connectivity index (χ0v) is 17.4. The lowest BCUT2D eigenvalue weighted by molar-refractivity contribution is -0.134. The molecule has 2 aliphatic rings. The molecule has 3 heterocycles. The highest BCUT2D eigenvalue weighted by atomic mass is 32.2. The minimum atomic E-state index is -3.19. The molecule has 0 saturated carbocycles. The van der Waals surface area contributed by atoms with Gasteiger partial charge in [0, 0.05) is 57.2 Å². The van der Waals surface area contributed by atoms with Crippen LogP contribution in [0.15, 0.2) is 24.5 Å². The van der Waals surface area contributed by atoms with Crippen LogP contribution in [0, 0.1) is 0 Å². The summed E-state index contributed by atoms with van der Waals surface area (Å²) in [5.74, 6) is 0.946. The number of sulfonamides is 1. The highest BCUT2D eigenvalue weighted by Crippen LogP contribution is 2.26. The number of pyridine rings is 1. The van der Waals surface area contributed by atoms with Gasteiger partial charge < -0.3 is 9.64 Å². The Balaban J connectivity index is 1.42. The van der Waals surface area contributed by atoms with Crippen molar-refractivity contribution in [1.29, 1.82) is 0 Å². The van der Waals surface area contributed by atoms with Gasteiger partial charge in [0.15, 0.2) is 0 Å². The lowest BCUT2D eigenvalue weighted by Gasteiger charge is -2.33. The summed E-state index contributed by atoms with van der Waals surface area (Å²) in [7, 11) is -1.21. The molecule has 2 aliphatic heterocycles. The molecule has 2 saturated heterocycles. The number of aromatic nitrogens is 1. The number of hydrogen-bond acceptors (Lipinski definition) is 6. The predicted molar refractivity (Wildman–Crippen MR) is 107 cm³/mol. The average molecular weight is 411 g/mol. The van der Waals surface area contributed by atoms with Crippen molar-refractivity contribution < 1.29 is 17.9 Å². The summed E-state index contributed by atoms with van der Waals surface area (Å²) in [4.78, 5) is 20.9. The lowest BCUT2D eigenvalue weighted by atomic mass is 10.1. The molecule has 0 radical (unpaired) electrons. The van der Waals surface area contributed by atoms with Gasteiger partial charge in [-0.3, -0.25) is 14.7 Å². The molecule has 0 aromatic carbocycles. The fourth-order valence-electron chi connectivity index (χ4n) is 3.99. The van der Waals surface area contributed by atoms with E-state index < -0.39 is 10.0 Å². The zero-order valence-electron chi connectivity index (χ0n) is 16.6. The minimum absolute atomic E-state index is 0.119. The number of carbonyl (C=O) groups excluding carboxylic acids is 1. The second kappa shape index (κ2) is 9.19. The van der Waals surface area contributed by atoms with Crippen LogP contribution in [-0.2, 0) is 14.8 Å². The molecular formula is C19H30N4O4S. The molecule has 28 heavy (non-hydrogen) atoms. The van der Waals surface area contributed by atoms with Gasteiger partial charge in [0.1, 0.15) is 11.9 Å². The first-order valence-electron chi connectivity index (χ1n) is 9.83. The second-order valence-corrected chi connectivity index (χ2v) is 9.59. The molecule has 9 heteroatoms. The van der Waals surface area contributed by atoms with E-state index in [1.54, 1.807) is 12.4 Å². The normalized spacial score (nSPS) is 24.4. The van der Waals surface area contributed by atoms with Gasteiger partial charge in [-0.1, -0.05) is 0 Å². The second-order valence-electron chi connectivity index (χ2n) is 7.76. The van der Waals surface area contributed by atoms with Crippen LogP contribution in [0.2, 0.25) is 0 Å². The molecule has 3 rings (SSSR count). The number of amides is 1. The van der Waals surface area contributed by atoms with E-state index in [-0.39, 0.29) is 24.1 Å². The van der Waals surface area contributed by atoms with Crippen molar-refractivity contribution >= 4 is 15.9 Å². The summed E-state index contributed by atoms with van der Waals surface area (Å²) in [6, 6.07) is 4.06. The van der Waals surface area contributed by atoms with Gasteiger partial charge in [0.05, 0.1) is 12.5 Å². The van der Waals surface area contributed by atoms with Crippen molar-refractivity contribution in [3.05, 3.63) is 24.5 Å². The van der Waals surface area contributed by atoms with Gasteiger partial charge in [0.25, 0.3) is 0 Å². The third-order valence-electron chi connectivity index (χ3n) is 5.71. The first kappa shape index (κ1) is 21.0. The molecule has 2 fully saturated rings. The Morgan fingerprint density at radius 2 is 1.96 bits per heavy atom. The molecule has 0 bridgehead atoms. The van der Waals surface area contributed by atoms with E-state index >= 15 is 0 Å². The topological polar surface area (TPSA) is 91.8 Å². The van der Waals surface area contributed by atoms with Crippen molar-refractivity contribution in [2.24, 2.45) is 0 Å². The Hall–Kier alpha value is -1.71. The van der Waals surface area contributed by atoms with E-state index in [9.17, 15) is 13.2 Å². The number of ether oxygens (including phenoxy) is 1. The van der Waals surface area contributed by atoms with Crippen LogP contribution in [0.25, 0.3) is 0 Å². The van der Waals surface area contributed by atoms with E-state index in [1.807, 2.05) is 24.1 Å². The van der Waals surface area contributed by atoms with E-state index in [0.717, 1.165) is 31.4 Å². The van der Waals surface area contributed by atoms with Gasteiger partial charge in [-0.25, -0.2) is 13.1 Å². The summed E-state index contributed by atoms with van der Waals surface area (Å²) < 4.78 is 31.1. The first-order chi connectivity index (χ1) is 13.3. The molecule has 0 unspecified atom stereocenters. The van der Waals surface area contributed by atoms with Crippen LogP contribution in [0.1, 0.15) is 32.1 Å². The maximum absolute atomic E-state index is 12.7. The largest absolute Gasteiger partial charge is 0.489 e. The van der Waals surface area contributed by atoms with Crippen molar-refractivity contribution in [1.82, 2.24) is 19.5 Å². The highest BCUT2D eigenvalue weighted by Gasteiger charge is 2.34. The standard InChI is InChI=1S/C19H30N4O4S/c1-22-15(5-6-16(22)13-21-28(2,25)26)12-19(24)23-10-7-17(8-11-23)27-18-4-3-9-20-14-18/h3-4,9,14-17,21H,5-8,10-13H2,1-2H3/t15-,16+/m1/s1. The quantitative estimate of drug-likeness (QED) is 0.717. The van der Waals surface area contributed by atoms with E-state index in [4.69, 9.17) is 4.74 Å². The Morgan fingerprint density at radius 3 is 2.61 bits per heavy atom. The summed E-state index contributed by atoms with van der Waals surface area (Å²) in [5, 5.41) is 0. The number of hydrogen-bond donors (Lipinski definition) is 1. The number of rotatable bonds is 7. The fraction of sp³-hybridized carbons (Fsp3) is 0.684. The van der Waals surface area contributed by atoms with Crippen molar-refractivity contribution in [3.8, 4) is 5.75 Å². The number of nitrogens with zero attached hydrogens (tertiary/aromatic N) is 3. The maximum Gasteiger partial charge on any atom is 0.224 e. The molecular weight excluding hydrogens is 380 g/mol. The molecule has 1 amide bonds. The zero-order chi connectivity index (χ0) is 20.1. The van der Waals surface area contributed by atoms with Gasteiger partial charge in [-0.2, -0.15) is 0 Å². The van der Waals surface area contributed by atoms with E-state index in [2.05, 4.69) is 14.6 Å². The molecule has 8 nitrogen and oxygen atoms in total. The van der Waals surface area contributed by atoms with E-state index in [0.29, 0.717) is 26.1 Å². The molecule has 0 aliphatic carbocycles. The summed E-state index contributed by atoms with van der Waals surface area (Å²) >= 11 is 0. The summed E-state index contributed by atoms with van der Waals surface area (Å²) in [5.41, 5.74) is 0. The molecule has 156 valence electrons. The molecule has 2 atom stereocenters. The Bertz CT molecular complexity index is 750. The van der Waals surface area contributed by atoms with Crippen LogP contribution in [0.3, 0.4) is 0 Å².